The third kappa shape index (κ3) is 10.1. The number of phenols is 1. The van der Waals surface area contributed by atoms with Crippen molar-refractivity contribution >= 4 is 41.7 Å². The molecule has 3 aromatic carbocycles. The molecule has 7 N–H and O–H groups in total. The first-order valence-electron chi connectivity index (χ1n) is 11.2. The van der Waals surface area contributed by atoms with Gasteiger partial charge in [-0.3, -0.25) is 4.79 Å². The predicted octanol–water partition coefficient (Wildman–Crippen LogP) is 2.60. The molecule has 0 heterocycles. The van der Waals surface area contributed by atoms with E-state index in [2.05, 4.69) is 10.6 Å². The maximum absolute atomic E-state index is 12.8. The first-order chi connectivity index (χ1) is 17.4. The Morgan fingerprint density at radius 3 is 2.03 bits per heavy atom. The van der Waals surface area contributed by atoms with Crippen molar-refractivity contribution in [2.45, 2.75) is 32.7 Å². The SMILES string of the molecule is CC(=O)Nc1ccc(O)c([As](=O)(O)O)c1.CCCC(N)C(=O)Nc1ccc(Oc2ccc(F)cc2)cc1. The van der Waals surface area contributed by atoms with Crippen LogP contribution in [0.5, 0.6) is 17.2 Å². The summed E-state index contributed by atoms with van der Waals surface area (Å²) in [5.41, 5.74) is 6.64. The smallest absolute Gasteiger partial charge is 0.241 e. The Bertz CT molecular complexity index is 1250. The summed E-state index contributed by atoms with van der Waals surface area (Å²) in [6.07, 6.45) is 1.51. The molecule has 37 heavy (non-hydrogen) atoms. The van der Waals surface area contributed by atoms with Crippen LogP contribution < -0.4 is 25.5 Å². The van der Waals surface area contributed by atoms with Gasteiger partial charge in [0, 0.05) is 5.69 Å². The summed E-state index contributed by atoms with van der Waals surface area (Å²) in [7, 11) is 0. The van der Waals surface area contributed by atoms with Crippen LogP contribution in [0.3, 0.4) is 0 Å². The molecule has 1 unspecified atom stereocenters. The van der Waals surface area contributed by atoms with E-state index in [4.69, 9.17) is 18.7 Å². The number of anilines is 2. The molecule has 0 aliphatic carbocycles. The molecule has 2 amide bonds. The van der Waals surface area contributed by atoms with Crippen LogP contribution in [0.1, 0.15) is 26.7 Å². The van der Waals surface area contributed by atoms with Crippen molar-refractivity contribution in [3.05, 3.63) is 72.5 Å². The molecule has 0 bridgehead atoms. The minimum absolute atomic E-state index is 0.200. The number of halogens is 1. The van der Waals surface area contributed by atoms with Gasteiger partial charge in [-0.15, -0.1) is 0 Å². The van der Waals surface area contributed by atoms with E-state index in [9.17, 15) is 22.8 Å². The number of hydrogen-bond donors (Lipinski definition) is 6. The summed E-state index contributed by atoms with van der Waals surface area (Å²) in [5.74, 6) is -0.199. The minimum atomic E-state index is -5.15. The summed E-state index contributed by atoms with van der Waals surface area (Å²) < 4.78 is 46.8. The molecule has 1 atom stereocenters. The fourth-order valence-corrected chi connectivity index (χ4v) is 4.39. The topological polar surface area (TPSA) is 171 Å². The van der Waals surface area contributed by atoms with Gasteiger partial charge in [0.05, 0.1) is 6.04 Å². The Hall–Kier alpha value is -3.63. The molecule has 0 fully saturated rings. The fourth-order valence-electron chi connectivity index (χ4n) is 2.96. The Labute approximate surface area is 216 Å². The zero-order valence-electron chi connectivity index (χ0n) is 20.2. The molecule has 0 aromatic heterocycles. The Morgan fingerprint density at radius 2 is 1.51 bits per heavy atom. The summed E-state index contributed by atoms with van der Waals surface area (Å²) >= 11 is -5.15. The molecule has 0 saturated carbocycles. The Kier molecular flexibility index (Phi) is 10.9. The molecular weight excluding hydrogens is 548 g/mol. The molecule has 0 spiro atoms. The Balaban J connectivity index is 0.000000281. The number of rotatable bonds is 8. The number of benzene rings is 3. The zero-order valence-corrected chi connectivity index (χ0v) is 22.1. The summed E-state index contributed by atoms with van der Waals surface area (Å²) in [6, 6.07) is 15.7. The van der Waals surface area contributed by atoms with Gasteiger partial charge in [0.2, 0.25) is 5.91 Å². The van der Waals surface area contributed by atoms with E-state index in [1.54, 1.807) is 36.4 Å². The van der Waals surface area contributed by atoms with E-state index in [1.165, 1.54) is 25.1 Å². The second-order valence-electron chi connectivity index (χ2n) is 7.89. The van der Waals surface area contributed by atoms with Crippen LogP contribution in [0.15, 0.2) is 66.7 Å². The first kappa shape index (κ1) is 29.6. The molecule has 10 nitrogen and oxygen atoms in total. The van der Waals surface area contributed by atoms with Crippen molar-refractivity contribution in [2.24, 2.45) is 5.73 Å². The molecule has 0 radical (unpaired) electrons. The molecule has 12 heteroatoms. The van der Waals surface area contributed by atoms with Crippen molar-refractivity contribution in [1.29, 1.82) is 0 Å². The van der Waals surface area contributed by atoms with E-state index >= 15 is 0 Å². The predicted molar refractivity (Wildman–Crippen MR) is 137 cm³/mol. The normalized spacial score (nSPS) is 11.5. The number of amides is 2. The minimum Gasteiger partial charge on any atom is -0.457 e. The van der Waals surface area contributed by atoms with E-state index in [0.29, 0.717) is 23.6 Å². The molecule has 3 rings (SSSR count). The summed E-state index contributed by atoms with van der Waals surface area (Å²) in [4.78, 5) is 22.5. The number of ether oxygens (including phenoxy) is 1. The first-order valence-corrected chi connectivity index (χ1v) is 14.5. The zero-order chi connectivity index (χ0) is 27.6. The van der Waals surface area contributed by atoms with Gasteiger partial charge in [-0.05, 0) is 55.0 Å². The van der Waals surface area contributed by atoms with Gasteiger partial charge in [-0.25, -0.2) is 4.39 Å². The van der Waals surface area contributed by atoms with Gasteiger partial charge in [0.1, 0.15) is 17.3 Å². The van der Waals surface area contributed by atoms with Gasteiger partial charge < -0.3 is 15.8 Å². The van der Waals surface area contributed by atoms with Gasteiger partial charge in [-0.2, -0.15) is 0 Å². The van der Waals surface area contributed by atoms with E-state index in [1.807, 2.05) is 6.92 Å². The van der Waals surface area contributed by atoms with Gasteiger partial charge >= 0.3 is 88.1 Å². The van der Waals surface area contributed by atoms with Gasteiger partial charge in [0.25, 0.3) is 0 Å². The van der Waals surface area contributed by atoms with Crippen molar-refractivity contribution in [1.82, 2.24) is 0 Å². The average Bonchev–Trinajstić information content (AvgIpc) is 2.82. The van der Waals surface area contributed by atoms with Crippen LogP contribution in [-0.2, 0) is 13.3 Å². The van der Waals surface area contributed by atoms with E-state index in [0.717, 1.165) is 18.6 Å². The standard InChI is InChI=1S/C17H19FN2O2.C8H10AsNO5/c1-2-3-16(19)17(21)20-13-6-10-15(11-7-13)22-14-8-4-12(18)5-9-14;1-5(11)10-6-2-3-8(12)7(4-6)9(13,14)15/h4-11,16H,2-3,19H2,1H3,(H,20,21);2-4,12H,1H3,(H,10,11)(H2,13,14,15). The molecule has 0 saturated heterocycles. The van der Waals surface area contributed by atoms with Crippen LogP contribution in [0.2, 0.25) is 0 Å². The van der Waals surface area contributed by atoms with Crippen molar-refractivity contribution in [2.75, 3.05) is 10.6 Å². The number of phenolic OH excluding ortho intramolecular Hbond substituents is 1. The Morgan fingerprint density at radius 1 is 0.973 bits per heavy atom. The quantitative estimate of drug-likeness (QED) is 0.175. The van der Waals surface area contributed by atoms with Gasteiger partial charge in [-0.1, -0.05) is 13.3 Å². The van der Waals surface area contributed by atoms with Gasteiger partial charge in [0.15, 0.2) is 0 Å². The maximum Gasteiger partial charge on any atom is 0.241 e. The monoisotopic (exact) mass is 577 g/mol. The molecule has 3 aromatic rings. The summed E-state index contributed by atoms with van der Waals surface area (Å²) in [6.45, 7) is 3.25. The largest absolute Gasteiger partial charge is 0.457 e. The number of hydrogen-bond acceptors (Lipinski definition) is 6. The third-order valence-corrected chi connectivity index (χ3v) is 6.79. The number of nitrogens with two attached hydrogens (primary N) is 1. The fraction of sp³-hybridized carbons (Fsp3) is 0.200. The number of aromatic hydroxyl groups is 1. The average molecular weight is 577 g/mol. The van der Waals surface area contributed by atoms with Crippen LogP contribution in [0.4, 0.5) is 15.8 Å². The second-order valence-corrected chi connectivity index (χ2v) is 11.2. The van der Waals surface area contributed by atoms with E-state index in [-0.39, 0.29) is 23.3 Å². The van der Waals surface area contributed by atoms with Crippen LogP contribution in [-0.4, -0.2) is 45.3 Å². The molecule has 198 valence electrons. The molecule has 0 aliphatic heterocycles. The number of nitrogens with one attached hydrogen (secondary N) is 2. The van der Waals surface area contributed by atoms with E-state index < -0.39 is 30.3 Å². The van der Waals surface area contributed by atoms with Crippen molar-refractivity contribution in [3.63, 3.8) is 0 Å². The second kappa shape index (κ2) is 13.6. The maximum atomic E-state index is 12.8. The van der Waals surface area contributed by atoms with Crippen molar-refractivity contribution < 1.29 is 35.8 Å². The summed E-state index contributed by atoms with van der Waals surface area (Å²) in [5, 5.41) is 14.3. The van der Waals surface area contributed by atoms with Crippen LogP contribution in [0, 0.1) is 5.82 Å². The number of carbonyl (C=O) groups excluding carboxylic acids is 2. The van der Waals surface area contributed by atoms with Crippen LogP contribution in [0.25, 0.3) is 0 Å². The third-order valence-electron chi connectivity index (χ3n) is 4.72. The van der Waals surface area contributed by atoms with Crippen molar-refractivity contribution in [3.8, 4) is 17.2 Å². The molecular formula is C25H29AsFN3O7. The van der Waals surface area contributed by atoms with Crippen LogP contribution >= 0.6 is 0 Å². The molecule has 0 aliphatic rings. The number of carbonyl (C=O) groups is 2.